The molecule has 54 valence electrons. The van der Waals surface area contributed by atoms with E-state index in [2.05, 4.69) is 0 Å². The summed E-state index contributed by atoms with van der Waals surface area (Å²) in [5.74, 6) is 0. The van der Waals surface area contributed by atoms with Crippen molar-refractivity contribution < 1.29 is 19.4 Å². The highest BCUT2D eigenvalue weighted by Crippen LogP contribution is 1.95. The van der Waals surface area contributed by atoms with Crippen LogP contribution in [0.15, 0.2) is 0 Å². The fraction of sp³-hybridized carbons (Fsp3) is 0.800. The predicted molar refractivity (Wildman–Crippen MR) is 28.7 cm³/mol. The molecule has 9 heavy (non-hydrogen) atoms. The van der Waals surface area contributed by atoms with Crippen LogP contribution in [0.2, 0.25) is 0 Å². The molecule has 0 bridgehead atoms. The first kappa shape index (κ1) is 8.52. The fourth-order valence-corrected chi connectivity index (χ4v) is 0.397. The Balaban J connectivity index is 3.33. The maximum absolute atomic E-state index is 11.4. The molecule has 2 unspecified atom stereocenters. The van der Waals surface area contributed by atoms with Gasteiger partial charge < -0.3 is 15.0 Å². The van der Waals surface area contributed by atoms with Crippen LogP contribution in [-0.2, 0) is 4.79 Å². The SMILES string of the molecule is O=CC(O)CC(O)CF. The highest BCUT2D eigenvalue weighted by Gasteiger charge is 2.09. The summed E-state index contributed by atoms with van der Waals surface area (Å²) in [5, 5.41) is 16.9. The number of hydrogen-bond donors (Lipinski definition) is 2. The first-order chi connectivity index (χ1) is 4.20. The van der Waals surface area contributed by atoms with Gasteiger partial charge in [0.15, 0.2) is 0 Å². The molecule has 3 nitrogen and oxygen atoms in total. The Morgan fingerprint density at radius 3 is 2.44 bits per heavy atom. The summed E-state index contributed by atoms with van der Waals surface area (Å²) in [6, 6.07) is 0. The van der Waals surface area contributed by atoms with Gasteiger partial charge in [0.05, 0.1) is 6.10 Å². The molecule has 0 aliphatic rings. The number of hydrogen-bond acceptors (Lipinski definition) is 3. The van der Waals surface area contributed by atoms with Crippen molar-refractivity contribution in [1.82, 2.24) is 0 Å². The average molecular weight is 136 g/mol. The smallest absolute Gasteiger partial charge is 0.148 e. The molecular formula is C5H9FO3. The van der Waals surface area contributed by atoms with Crippen molar-refractivity contribution in [2.75, 3.05) is 6.67 Å². The van der Waals surface area contributed by atoms with Crippen LogP contribution in [0.5, 0.6) is 0 Å². The fourth-order valence-electron chi connectivity index (χ4n) is 0.397. The standard InChI is InChI=1S/C5H9FO3/c6-2-4(8)1-5(9)3-7/h3-5,8-9H,1-2H2. The van der Waals surface area contributed by atoms with Crippen molar-refractivity contribution in [2.45, 2.75) is 18.6 Å². The summed E-state index contributed by atoms with van der Waals surface area (Å²) in [5.41, 5.74) is 0. The third-order valence-electron chi connectivity index (χ3n) is 0.849. The highest BCUT2D eigenvalue weighted by molar-refractivity contribution is 5.55. The lowest BCUT2D eigenvalue weighted by Crippen LogP contribution is -2.19. The number of rotatable bonds is 4. The molecular weight excluding hydrogens is 127 g/mol. The number of alkyl halides is 1. The predicted octanol–water partition coefficient (Wildman–Crippen LogP) is -0.733. The van der Waals surface area contributed by atoms with Crippen molar-refractivity contribution in [3.05, 3.63) is 0 Å². The van der Waals surface area contributed by atoms with Gasteiger partial charge in [-0.15, -0.1) is 0 Å². The van der Waals surface area contributed by atoms with E-state index < -0.39 is 18.9 Å². The minimum atomic E-state index is -1.24. The number of aldehydes is 1. The van der Waals surface area contributed by atoms with Gasteiger partial charge in [0, 0.05) is 6.42 Å². The molecule has 0 aliphatic carbocycles. The molecule has 0 saturated carbocycles. The van der Waals surface area contributed by atoms with E-state index in [4.69, 9.17) is 10.2 Å². The van der Waals surface area contributed by atoms with Crippen LogP contribution in [0.1, 0.15) is 6.42 Å². The van der Waals surface area contributed by atoms with Crippen molar-refractivity contribution in [2.24, 2.45) is 0 Å². The van der Waals surface area contributed by atoms with Gasteiger partial charge in [0.2, 0.25) is 0 Å². The monoisotopic (exact) mass is 136 g/mol. The Kier molecular flexibility index (Phi) is 4.17. The number of carbonyl (C=O) groups excluding carboxylic acids is 1. The first-order valence-electron chi connectivity index (χ1n) is 2.58. The second-order valence-corrected chi connectivity index (χ2v) is 1.75. The Morgan fingerprint density at radius 2 is 2.11 bits per heavy atom. The second kappa shape index (κ2) is 4.40. The van der Waals surface area contributed by atoms with E-state index in [0.29, 0.717) is 0 Å². The van der Waals surface area contributed by atoms with Crippen molar-refractivity contribution in [3.63, 3.8) is 0 Å². The lowest BCUT2D eigenvalue weighted by molar-refractivity contribution is -0.116. The second-order valence-electron chi connectivity index (χ2n) is 1.75. The minimum absolute atomic E-state index is 0.222. The molecule has 0 spiro atoms. The van der Waals surface area contributed by atoms with Crippen LogP contribution in [0.4, 0.5) is 4.39 Å². The van der Waals surface area contributed by atoms with Gasteiger partial charge in [0.1, 0.15) is 19.1 Å². The zero-order chi connectivity index (χ0) is 7.28. The molecule has 0 aromatic carbocycles. The molecule has 0 aromatic heterocycles. The number of carbonyl (C=O) groups is 1. The van der Waals surface area contributed by atoms with Gasteiger partial charge in [-0.05, 0) is 0 Å². The molecule has 0 radical (unpaired) electrons. The average Bonchev–Trinajstić information content (AvgIpc) is 1.87. The van der Waals surface area contributed by atoms with E-state index in [1.807, 2.05) is 0 Å². The van der Waals surface area contributed by atoms with Gasteiger partial charge >= 0.3 is 0 Å². The van der Waals surface area contributed by atoms with Gasteiger partial charge in [-0.1, -0.05) is 0 Å². The maximum atomic E-state index is 11.4. The van der Waals surface area contributed by atoms with Crippen molar-refractivity contribution in [1.29, 1.82) is 0 Å². The number of aliphatic hydroxyl groups excluding tert-OH is 2. The molecule has 0 heterocycles. The molecule has 2 atom stereocenters. The largest absolute Gasteiger partial charge is 0.390 e. The Hall–Kier alpha value is -0.480. The van der Waals surface area contributed by atoms with E-state index in [1.54, 1.807) is 0 Å². The van der Waals surface area contributed by atoms with Crippen LogP contribution in [0.25, 0.3) is 0 Å². The number of aliphatic hydroxyl groups is 2. The summed E-state index contributed by atoms with van der Waals surface area (Å²) in [6.07, 6.45) is -2.42. The maximum Gasteiger partial charge on any atom is 0.148 e. The van der Waals surface area contributed by atoms with E-state index in [1.165, 1.54) is 0 Å². The third kappa shape index (κ3) is 4.05. The van der Waals surface area contributed by atoms with Gasteiger partial charge in [-0.3, -0.25) is 0 Å². The van der Waals surface area contributed by atoms with E-state index in [0.717, 1.165) is 0 Å². The topological polar surface area (TPSA) is 57.5 Å². The zero-order valence-electron chi connectivity index (χ0n) is 4.83. The summed E-state index contributed by atoms with van der Waals surface area (Å²) in [7, 11) is 0. The van der Waals surface area contributed by atoms with E-state index >= 15 is 0 Å². The summed E-state index contributed by atoms with van der Waals surface area (Å²) in [6.45, 7) is -0.926. The molecule has 0 aromatic rings. The van der Waals surface area contributed by atoms with Gasteiger partial charge in [0.25, 0.3) is 0 Å². The molecule has 0 amide bonds. The van der Waals surface area contributed by atoms with Crippen LogP contribution < -0.4 is 0 Å². The third-order valence-corrected chi connectivity index (χ3v) is 0.849. The van der Waals surface area contributed by atoms with Gasteiger partial charge in [-0.2, -0.15) is 0 Å². The van der Waals surface area contributed by atoms with Crippen LogP contribution in [-0.4, -0.2) is 35.4 Å². The van der Waals surface area contributed by atoms with E-state index in [-0.39, 0.29) is 12.7 Å². The molecule has 0 aliphatic heterocycles. The Morgan fingerprint density at radius 1 is 1.56 bits per heavy atom. The molecule has 0 fully saturated rings. The van der Waals surface area contributed by atoms with Crippen molar-refractivity contribution in [3.8, 4) is 0 Å². The molecule has 0 saturated heterocycles. The van der Waals surface area contributed by atoms with Crippen molar-refractivity contribution >= 4 is 6.29 Å². The summed E-state index contributed by atoms with van der Waals surface area (Å²) in [4.78, 5) is 9.67. The summed E-state index contributed by atoms with van der Waals surface area (Å²) >= 11 is 0. The lowest BCUT2D eigenvalue weighted by atomic mass is 10.2. The van der Waals surface area contributed by atoms with Crippen LogP contribution in [0.3, 0.4) is 0 Å². The minimum Gasteiger partial charge on any atom is -0.390 e. The zero-order valence-corrected chi connectivity index (χ0v) is 4.83. The van der Waals surface area contributed by atoms with E-state index in [9.17, 15) is 9.18 Å². The summed E-state index contributed by atoms with van der Waals surface area (Å²) < 4.78 is 11.4. The Bertz CT molecular complexity index is 86.3. The molecule has 4 heteroatoms. The highest BCUT2D eigenvalue weighted by atomic mass is 19.1. The van der Waals surface area contributed by atoms with Gasteiger partial charge in [-0.25, -0.2) is 4.39 Å². The number of halogens is 1. The lowest BCUT2D eigenvalue weighted by Gasteiger charge is -2.05. The quantitative estimate of drug-likeness (QED) is 0.501. The Labute approximate surface area is 52.1 Å². The molecule has 2 N–H and O–H groups in total. The molecule has 0 rings (SSSR count). The first-order valence-corrected chi connectivity index (χ1v) is 2.58. The van der Waals surface area contributed by atoms with Crippen LogP contribution >= 0.6 is 0 Å². The normalized spacial score (nSPS) is 16.8. The van der Waals surface area contributed by atoms with Crippen LogP contribution in [0, 0.1) is 0 Å².